The third kappa shape index (κ3) is 5.01. The van der Waals surface area contributed by atoms with Gasteiger partial charge >= 0.3 is 6.18 Å². The fourth-order valence-electron chi connectivity index (χ4n) is 2.94. The molecule has 2 aromatic rings. The number of aliphatic hydroxyl groups is 1. The molecule has 0 saturated carbocycles. The second-order valence-corrected chi connectivity index (χ2v) is 6.68. The largest absolute Gasteiger partial charge is 0.473 e. The van der Waals surface area contributed by atoms with Crippen LogP contribution in [0.25, 0.3) is 0 Å². The summed E-state index contributed by atoms with van der Waals surface area (Å²) < 4.78 is 57.7. The van der Waals surface area contributed by atoms with Crippen molar-refractivity contribution in [2.45, 2.75) is 31.6 Å². The van der Waals surface area contributed by atoms with E-state index < -0.39 is 30.1 Å². The molecule has 10 heteroatoms. The second kappa shape index (κ2) is 8.34. The molecule has 2 atom stereocenters. The Morgan fingerprint density at radius 3 is 2.62 bits per heavy atom. The van der Waals surface area contributed by atoms with Crippen LogP contribution in [0.1, 0.15) is 27.2 Å². The molecule has 0 aliphatic carbocycles. The Morgan fingerprint density at radius 2 is 2.00 bits per heavy atom. The van der Waals surface area contributed by atoms with Gasteiger partial charge in [0.25, 0.3) is 5.91 Å². The quantitative estimate of drug-likeness (QED) is 0.735. The number of rotatable bonds is 5. The molecular weight excluding hydrogens is 394 g/mol. The van der Waals surface area contributed by atoms with Gasteiger partial charge in [-0.3, -0.25) is 4.79 Å². The number of ether oxygens (including phenoxy) is 1. The number of alkyl halides is 4. The van der Waals surface area contributed by atoms with Crippen molar-refractivity contribution in [1.29, 1.82) is 0 Å². The molecule has 1 aliphatic heterocycles. The molecule has 0 unspecified atom stereocenters. The molecule has 1 aliphatic rings. The number of likely N-dealkylation sites (tertiary alicyclic amines) is 1. The monoisotopic (exact) mass is 413 g/mol. The van der Waals surface area contributed by atoms with E-state index in [9.17, 15) is 27.5 Å². The first-order valence-electron chi connectivity index (χ1n) is 8.78. The van der Waals surface area contributed by atoms with E-state index in [1.165, 1.54) is 23.1 Å². The van der Waals surface area contributed by atoms with Crippen LogP contribution in [0, 0.1) is 0 Å². The van der Waals surface area contributed by atoms with Crippen molar-refractivity contribution < 1.29 is 32.2 Å². The number of nitrogens with zero attached hydrogens (tertiary/aromatic N) is 2. The number of carbonyl (C=O) groups excluding carboxylic acids is 1. The van der Waals surface area contributed by atoms with E-state index in [4.69, 9.17) is 10.5 Å². The standard InChI is InChI=1S/C19H19F4N3O3/c20-14-8-26(9-15(14)27)18(28)13-3-1-2-11(4-13)10-29-17-6-12(7-24)5-16(25-17)19(21,22)23/h1-6,14-15,27H,7-10,24H2/t14-,15-/m0/s1. The van der Waals surface area contributed by atoms with Crippen molar-refractivity contribution >= 4 is 5.91 Å². The van der Waals surface area contributed by atoms with E-state index in [-0.39, 0.29) is 43.2 Å². The van der Waals surface area contributed by atoms with Gasteiger partial charge in [0.1, 0.15) is 24.6 Å². The van der Waals surface area contributed by atoms with Crippen LogP contribution in [-0.4, -0.2) is 46.3 Å². The van der Waals surface area contributed by atoms with Gasteiger partial charge in [0.15, 0.2) is 0 Å². The predicted octanol–water partition coefficient (Wildman–Crippen LogP) is 2.29. The number of pyridine rings is 1. The average molecular weight is 413 g/mol. The SMILES string of the molecule is NCc1cc(OCc2cccc(C(=O)N3C[C@H](O)[C@@H](F)C3)c2)nc(C(F)(F)F)c1. The number of carbonyl (C=O) groups is 1. The molecule has 1 aromatic carbocycles. The number of β-amino-alcohol motifs (C(OH)–C–C–N with tert-alkyl or cyclic N) is 1. The molecule has 1 amide bonds. The van der Waals surface area contributed by atoms with Crippen LogP contribution in [0.4, 0.5) is 17.6 Å². The third-order valence-electron chi connectivity index (χ3n) is 4.46. The van der Waals surface area contributed by atoms with Gasteiger partial charge in [-0.15, -0.1) is 0 Å². The van der Waals surface area contributed by atoms with Crippen LogP contribution in [0.15, 0.2) is 36.4 Å². The van der Waals surface area contributed by atoms with Crippen LogP contribution in [-0.2, 0) is 19.3 Å². The Labute approximate surface area is 163 Å². The Morgan fingerprint density at radius 1 is 1.24 bits per heavy atom. The van der Waals surface area contributed by atoms with E-state index >= 15 is 0 Å². The number of halogens is 4. The van der Waals surface area contributed by atoms with Crippen molar-refractivity contribution in [3.63, 3.8) is 0 Å². The lowest BCUT2D eigenvalue weighted by atomic mass is 10.1. The fraction of sp³-hybridized carbons (Fsp3) is 0.368. The third-order valence-corrected chi connectivity index (χ3v) is 4.46. The molecule has 1 saturated heterocycles. The Hall–Kier alpha value is -2.72. The molecule has 1 aromatic heterocycles. The van der Waals surface area contributed by atoms with E-state index in [1.807, 2.05) is 0 Å². The summed E-state index contributed by atoms with van der Waals surface area (Å²) >= 11 is 0. The lowest BCUT2D eigenvalue weighted by molar-refractivity contribution is -0.141. The summed E-state index contributed by atoms with van der Waals surface area (Å²) in [6, 6.07) is 8.41. The molecule has 2 heterocycles. The number of nitrogens with two attached hydrogens (primary N) is 1. The second-order valence-electron chi connectivity index (χ2n) is 6.68. The van der Waals surface area contributed by atoms with Gasteiger partial charge in [-0.05, 0) is 29.3 Å². The highest BCUT2D eigenvalue weighted by Crippen LogP contribution is 2.30. The van der Waals surface area contributed by atoms with Crippen molar-refractivity contribution in [3.8, 4) is 5.88 Å². The molecule has 6 nitrogen and oxygen atoms in total. The summed E-state index contributed by atoms with van der Waals surface area (Å²) in [5, 5.41) is 9.47. The highest BCUT2D eigenvalue weighted by molar-refractivity contribution is 5.94. The normalized spacial score (nSPS) is 19.4. The first kappa shape index (κ1) is 21.0. The number of hydrogen-bond acceptors (Lipinski definition) is 5. The molecular formula is C19H19F4N3O3. The molecule has 3 rings (SSSR count). The zero-order valence-corrected chi connectivity index (χ0v) is 15.2. The maximum Gasteiger partial charge on any atom is 0.433 e. The fourth-order valence-corrected chi connectivity index (χ4v) is 2.94. The summed E-state index contributed by atoms with van der Waals surface area (Å²) in [5.41, 5.74) is 5.32. The lowest BCUT2D eigenvalue weighted by Crippen LogP contribution is -2.29. The lowest BCUT2D eigenvalue weighted by Gasteiger charge is -2.16. The van der Waals surface area contributed by atoms with Crippen molar-refractivity contribution in [2.75, 3.05) is 13.1 Å². The summed E-state index contributed by atoms with van der Waals surface area (Å²) in [6.07, 6.45) is -7.34. The molecule has 29 heavy (non-hydrogen) atoms. The topological polar surface area (TPSA) is 88.7 Å². The Bertz CT molecular complexity index is 881. The minimum absolute atomic E-state index is 0.100. The van der Waals surface area contributed by atoms with E-state index in [2.05, 4.69) is 4.98 Å². The van der Waals surface area contributed by atoms with Crippen molar-refractivity contribution in [2.24, 2.45) is 5.73 Å². The van der Waals surface area contributed by atoms with Crippen LogP contribution >= 0.6 is 0 Å². The summed E-state index contributed by atoms with van der Waals surface area (Å²) in [6.45, 7) is -0.537. The first-order chi connectivity index (χ1) is 13.7. The first-order valence-corrected chi connectivity index (χ1v) is 8.78. The van der Waals surface area contributed by atoms with Crippen molar-refractivity contribution in [1.82, 2.24) is 9.88 Å². The predicted molar refractivity (Wildman–Crippen MR) is 94.7 cm³/mol. The number of aliphatic hydroxyl groups excluding tert-OH is 1. The van der Waals surface area contributed by atoms with Gasteiger partial charge in [-0.2, -0.15) is 13.2 Å². The number of benzene rings is 1. The van der Waals surface area contributed by atoms with Crippen molar-refractivity contribution in [3.05, 3.63) is 58.8 Å². The Kier molecular flexibility index (Phi) is 6.04. The minimum Gasteiger partial charge on any atom is -0.473 e. The van der Waals surface area contributed by atoms with Crippen LogP contribution < -0.4 is 10.5 Å². The maximum atomic E-state index is 13.4. The summed E-state index contributed by atoms with van der Waals surface area (Å²) in [5.74, 6) is -0.686. The van der Waals surface area contributed by atoms with Crippen LogP contribution in [0.3, 0.4) is 0 Å². The highest BCUT2D eigenvalue weighted by atomic mass is 19.4. The van der Waals surface area contributed by atoms with E-state index in [1.54, 1.807) is 12.1 Å². The van der Waals surface area contributed by atoms with Gasteiger partial charge in [0.2, 0.25) is 5.88 Å². The molecule has 1 fully saturated rings. The van der Waals surface area contributed by atoms with Gasteiger partial charge in [-0.1, -0.05) is 12.1 Å². The molecule has 0 spiro atoms. The molecule has 0 radical (unpaired) electrons. The van der Waals surface area contributed by atoms with Crippen LogP contribution in [0.5, 0.6) is 5.88 Å². The smallest absolute Gasteiger partial charge is 0.433 e. The van der Waals surface area contributed by atoms with Gasteiger partial charge in [-0.25, -0.2) is 9.37 Å². The maximum absolute atomic E-state index is 13.4. The summed E-state index contributed by atoms with van der Waals surface area (Å²) in [7, 11) is 0. The zero-order valence-electron chi connectivity index (χ0n) is 15.2. The zero-order chi connectivity index (χ0) is 21.2. The van der Waals surface area contributed by atoms with E-state index in [0.29, 0.717) is 5.56 Å². The molecule has 0 bridgehead atoms. The van der Waals surface area contributed by atoms with E-state index in [0.717, 1.165) is 6.07 Å². The molecule has 156 valence electrons. The van der Waals surface area contributed by atoms with Gasteiger partial charge in [0, 0.05) is 24.7 Å². The Balaban J connectivity index is 1.72. The minimum atomic E-state index is -4.63. The number of aromatic nitrogens is 1. The number of hydrogen-bond donors (Lipinski definition) is 2. The average Bonchev–Trinajstić information content (AvgIpc) is 3.03. The number of amides is 1. The van der Waals surface area contributed by atoms with Gasteiger partial charge < -0.3 is 20.5 Å². The van der Waals surface area contributed by atoms with Gasteiger partial charge in [0.05, 0.1) is 6.54 Å². The van der Waals surface area contributed by atoms with Crippen LogP contribution in [0.2, 0.25) is 0 Å². The highest BCUT2D eigenvalue weighted by Gasteiger charge is 2.35. The summed E-state index contributed by atoms with van der Waals surface area (Å²) in [4.78, 5) is 17.1. The molecule has 3 N–H and O–H groups in total.